The molecule has 0 spiro atoms. The van der Waals surface area contributed by atoms with Gasteiger partial charge in [-0.05, 0) is 43.5 Å². The Morgan fingerprint density at radius 2 is 2.16 bits per heavy atom. The minimum Gasteiger partial charge on any atom is -0.325 e. The molecule has 3 rings (SSSR count). The van der Waals surface area contributed by atoms with Crippen molar-refractivity contribution in [2.24, 2.45) is 0 Å². The summed E-state index contributed by atoms with van der Waals surface area (Å²) in [5, 5.41) is 11.7. The van der Waals surface area contributed by atoms with Gasteiger partial charge < -0.3 is 5.32 Å². The predicted molar refractivity (Wildman–Crippen MR) is 104 cm³/mol. The molecular weight excluding hydrogens is 424 g/mol. The summed E-state index contributed by atoms with van der Waals surface area (Å²) in [5.41, 5.74) is 1.79. The third-order valence-electron chi connectivity index (χ3n) is 3.64. The van der Waals surface area contributed by atoms with E-state index in [0.717, 1.165) is 28.6 Å². The Morgan fingerprint density at radius 1 is 1.40 bits per heavy atom. The molecule has 1 aromatic heterocycles. The van der Waals surface area contributed by atoms with Gasteiger partial charge >= 0.3 is 0 Å². The first-order chi connectivity index (χ1) is 11.9. The number of hydrogen-bond donors (Lipinski definition) is 1. The van der Waals surface area contributed by atoms with E-state index in [1.54, 1.807) is 11.8 Å². The van der Waals surface area contributed by atoms with Gasteiger partial charge in [0.1, 0.15) is 0 Å². The number of aromatic nitrogens is 2. The standard InChI is InChI=1S/C16H17BrN4O2S2/c1-9-7-11(17)3-6-13(9)18-14(23)8-24-16-20-19-15(25-16)21(10(2)22)12-4-5-12/h3,6-7,12H,4-5,8H2,1-2H3,(H,18,23). The normalized spacial score (nSPS) is 13.6. The maximum Gasteiger partial charge on any atom is 0.234 e. The number of rotatable bonds is 6. The number of carbonyl (C=O) groups is 2. The number of nitrogens with zero attached hydrogens (tertiary/aromatic N) is 3. The fourth-order valence-corrected chi connectivity index (χ4v) is 4.55. The van der Waals surface area contributed by atoms with E-state index in [9.17, 15) is 9.59 Å². The highest BCUT2D eigenvalue weighted by Crippen LogP contribution is 2.35. The Kier molecular flexibility index (Phi) is 5.75. The molecule has 25 heavy (non-hydrogen) atoms. The molecule has 0 aliphatic heterocycles. The maximum absolute atomic E-state index is 12.1. The first kappa shape index (κ1) is 18.3. The van der Waals surface area contributed by atoms with E-state index in [4.69, 9.17) is 0 Å². The van der Waals surface area contributed by atoms with Crippen LogP contribution < -0.4 is 10.2 Å². The molecule has 6 nitrogen and oxygen atoms in total. The molecule has 0 atom stereocenters. The van der Waals surface area contributed by atoms with Crippen LogP contribution in [0.3, 0.4) is 0 Å². The van der Waals surface area contributed by atoms with Crippen molar-refractivity contribution >= 4 is 61.7 Å². The summed E-state index contributed by atoms with van der Waals surface area (Å²) in [6.07, 6.45) is 2.02. The SMILES string of the molecule is CC(=O)N(c1nnc(SCC(=O)Nc2ccc(Br)cc2C)s1)C1CC1. The Morgan fingerprint density at radius 3 is 2.80 bits per heavy atom. The van der Waals surface area contributed by atoms with Gasteiger partial charge in [-0.2, -0.15) is 0 Å². The monoisotopic (exact) mass is 440 g/mol. The van der Waals surface area contributed by atoms with E-state index in [2.05, 4.69) is 31.4 Å². The van der Waals surface area contributed by atoms with Crippen molar-refractivity contribution in [1.29, 1.82) is 0 Å². The van der Waals surface area contributed by atoms with Crippen LogP contribution in [0.1, 0.15) is 25.3 Å². The number of anilines is 2. The lowest BCUT2D eigenvalue weighted by Gasteiger charge is -2.15. The number of hydrogen-bond acceptors (Lipinski definition) is 6. The smallest absolute Gasteiger partial charge is 0.234 e. The molecule has 0 radical (unpaired) electrons. The van der Waals surface area contributed by atoms with E-state index in [1.807, 2.05) is 25.1 Å². The Bertz CT molecular complexity index is 807. The zero-order valence-electron chi connectivity index (χ0n) is 13.8. The van der Waals surface area contributed by atoms with Gasteiger partial charge in [-0.3, -0.25) is 14.5 Å². The molecule has 9 heteroatoms. The van der Waals surface area contributed by atoms with Crippen LogP contribution in [0.2, 0.25) is 0 Å². The molecule has 0 saturated heterocycles. The van der Waals surface area contributed by atoms with Gasteiger partial charge in [-0.1, -0.05) is 39.0 Å². The van der Waals surface area contributed by atoms with Crippen molar-refractivity contribution in [3.05, 3.63) is 28.2 Å². The second-order valence-electron chi connectivity index (χ2n) is 5.77. The molecule has 1 N–H and O–H groups in total. The van der Waals surface area contributed by atoms with Gasteiger partial charge in [-0.25, -0.2) is 0 Å². The first-order valence-electron chi connectivity index (χ1n) is 7.76. The maximum atomic E-state index is 12.1. The predicted octanol–water partition coefficient (Wildman–Crippen LogP) is 3.86. The van der Waals surface area contributed by atoms with E-state index < -0.39 is 0 Å². The van der Waals surface area contributed by atoms with Gasteiger partial charge in [0, 0.05) is 23.1 Å². The number of nitrogens with one attached hydrogen (secondary N) is 1. The van der Waals surface area contributed by atoms with Gasteiger partial charge in [-0.15, -0.1) is 10.2 Å². The van der Waals surface area contributed by atoms with Crippen molar-refractivity contribution in [2.45, 2.75) is 37.1 Å². The van der Waals surface area contributed by atoms with Crippen LogP contribution in [-0.4, -0.2) is 33.8 Å². The van der Waals surface area contributed by atoms with Crippen LogP contribution >= 0.6 is 39.0 Å². The molecule has 0 bridgehead atoms. The summed E-state index contributed by atoms with van der Waals surface area (Å²) in [7, 11) is 0. The zero-order chi connectivity index (χ0) is 18.0. The third kappa shape index (κ3) is 4.80. The topological polar surface area (TPSA) is 75.2 Å². The van der Waals surface area contributed by atoms with Crippen molar-refractivity contribution in [1.82, 2.24) is 10.2 Å². The Labute approximate surface area is 162 Å². The number of carbonyl (C=O) groups excluding carboxylic acids is 2. The average molecular weight is 441 g/mol. The lowest BCUT2D eigenvalue weighted by atomic mass is 10.2. The molecule has 1 aliphatic rings. The number of benzene rings is 1. The van der Waals surface area contributed by atoms with Gasteiger partial charge in [0.15, 0.2) is 4.34 Å². The summed E-state index contributed by atoms with van der Waals surface area (Å²) in [6, 6.07) is 5.97. The molecule has 1 heterocycles. The van der Waals surface area contributed by atoms with Crippen LogP contribution in [-0.2, 0) is 9.59 Å². The highest BCUT2D eigenvalue weighted by Gasteiger charge is 2.34. The highest BCUT2D eigenvalue weighted by atomic mass is 79.9. The van der Waals surface area contributed by atoms with Crippen LogP contribution in [0.4, 0.5) is 10.8 Å². The van der Waals surface area contributed by atoms with Crippen molar-refractivity contribution in [3.8, 4) is 0 Å². The second-order valence-corrected chi connectivity index (χ2v) is 8.86. The van der Waals surface area contributed by atoms with E-state index >= 15 is 0 Å². The van der Waals surface area contributed by atoms with Crippen molar-refractivity contribution in [2.75, 3.05) is 16.0 Å². The van der Waals surface area contributed by atoms with Crippen molar-refractivity contribution in [3.63, 3.8) is 0 Å². The van der Waals surface area contributed by atoms with E-state index in [1.165, 1.54) is 23.1 Å². The largest absolute Gasteiger partial charge is 0.325 e. The molecule has 0 unspecified atom stereocenters. The lowest BCUT2D eigenvalue weighted by Crippen LogP contribution is -2.30. The van der Waals surface area contributed by atoms with Crippen LogP contribution in [0.25, 0.3) is 0 Å². The van der Waals surface area contributed by atoms with Gasteiger partial charge in [0.05, 0.1) is 5.75 Å². The number of aryl methyl sites for hydroxylation is 1. The quantitative estimate of drug-likeness (QED) is 0.545. The second kappa shape index (κ2) is 7.84. The summed E-state index contributed by atoms with van der Waals surface area (Å²) in [6.45, 7) is 3.49. The van der Waals surface area contributed by atoms with E-state index in [-0.39, 0.29) is 23.6 Å². The average Bonchev–Trinajstić information content (AvgIpc) is 3.26. The van der Waals surface area contributed by atoms with E-state index in [0.29, 0.717) is 9.47 Å². The summed E-state index contributed by atoms with van der Waals surface area (Å²) >= 11 is 6.08. The summed E-state index contributed by atoms with van der Waals surface area (Å²) < 4.78 is 1.66. The first-order valence-corrected chi connectivity index (χ1v) is 10.4. The minimum atomic E-state index is -0.0993. The van der Waals surface area contributed by atoms with Crippen LogP contribution in [0.15, 0.2) is 27.0 Å². The van der Waals surface area contributed by atoms with Crippen LogP contribution in [0, 0.1) is 6.92 Å². The number of amides is 2. The highest BCUT2D eigenvalue weighted by molar-refractivity contribution is 9.10. The fourth-order valence-electron chi connectivity index (χ4n) is 2.32. The molecule has 1 aromatic carbocycles. The minimum absolute atomic E-state index is 0.0151. The Hall–Kier alpha value is -1.45. The fraction of sp³-hybridized carbons (Fsp3) is 0.375. The molecule has 132 valence electrons. The van der Waals surface area contributed by atoms with Crippen LogP contribution in [0.5, 0.6) is 0 Å². The number of halogens is 1. The molecule has 2 aromatic rings. The number of thioether (sulfide) groups is 1. The molecular formula is C16H17BrN4O2S2. The summed E-state index contributed by atoms with van der Waals surface area (Å²) in [5.74, 6) is 0.129. The molecule has 1 aliphatic carbocycles. The summed E-state index contributed by atoms with van der Waals surface area (Å²) in [4.78, 5) is 25.6. The lowest BCUT2D eigenvalue weighted by molar-refractivity contribution is -0.116. The molecule has 2 amide bonds. The molecule has 1 saturated carbocycles. The van der Waals surface area contributed by atoms with Crippen molar-refractivity contribution < 1.29 is 9.59 Å². The molecule has 1 fully saturated rings. The Balaban J connectivity index is 1.56. The zero-order valence-corrected chi connectivity index (χ0v) is 17.0. The third-order valence-corrected chi connectivity index (χ3v) is 6.19. The van der Waals surface area contributed by atoms with Gasteiger partial charge in [0.25, 0.3) is 0 Å². The van der Waals surface area contributed by atoms with Gasteiger partial charge in [0.2, 0.25) is 16.9 Å².